The number of hydrogen-bond acceptors (Lipinski definition) is 3. The Morgan fingerprint density at radius 1 is 1.56 bits per heavy atom. The van der Waals surface area contributed by atoms with Crippen LogP contribution in [0.2, 0.25) is 0 Å². The highest BCUT2D eigenvalue weighted by molar-refractivity contribution is 5.76. The monoisotopic (exact) mass is 256 g/mol. The van der Waals surface area contributed by atoms with E-state index in [1.54, 1.807) is 7.11 Å². The molecular weight excluding hydrogens is 228 g/mol. The number of nitrogens with one attached hydrogen (secondary N) is 1. The van der Waals surface area contributed by atoms with Gasteiger partial charge in [0.05, 0.1) is 0 Å². The molecule has 106 valence electrons. The number of ether oxygens (including phenoxy) is 1. The molecule has 0 spiro atoms. The van der Waals surface area contributed by atoms with Crippen molar-refractivity contribution in [3.63, 3.8) is 0 Å². The van der Waals surface area contributed by atoms with Crippen molar-refractivity contribution < 1.29 is 9.53 Å². The molecule has 2 atom stereocenters. The molecule has 0 bridgehead atoms. The molecule has 0 aromatic rings. The van der Waals surface area contributed by atoms with Crippen molar-refractivity contribution in [2.45, 2.75) is 45.6 Å². The van der Waals surface area contributed by atoms with Gasteiger partial charge in [-0.2, -0.15) is 0 Å². The second-order valence-electron chi connectivity index (χ2n) is 5.35. The van der Waals surface area contributed by atoms with Crippen LogP contribution in [0, 0.1) is 5.92 Å². The summed E-state index contributed by atoms with van der Waals surface area (Å²) in [7, 11) is 1.69. The molecular formula is C14H28N2O2. The number of nitrogens with zero attached hydrogens (tertiary/aromatic N) is 1. The highest BCUT2D eigenvalue weighted by Gasteiger charge is 2.25. The number of methoxy groups -OCH3 is 1. The second-order valence-corrected chi connectivity index (χ2v) is 5.35. The Balaban J connectivity index is 2.50. The predicted molar refractivity (Wildman–Crippen MR) is 73.6 cm³/mol. The molecule has 4 nitrogen and oxygen atoms in total. The van der Waals surface area contributed by atoms with Gasteiger partial charge in [0.2, 0.25) is 5.91 Å². The van der Waals surface area contributed by atoms with E-state index in [1.807, 2.05) is 0 Å². The molecule has 1 N–H and O–H groups in total. The van der Waals surface area contributed by atoms with Gasteiger partial charge in [-0.3, -0.25) is 4.79 Å². The van der Waals surface area contributed by atoms with Crippen LogP contribution in [0.25, 0.3) is 0 Å². The molecule has 0 radical (unpaired) electrons. The number of amides is 1. The number of rotatable bonds is 7. The van der Waals surface area contributed by atoms with E-state index in [9.17, 15) is 4.79 Å². The maximum absolute atomic E-state index is 12.4. The third-order valence-electron chi connectivity index (χ3n) is 3.47. The maximum atomic E-state index is 12.4. The largest absolute Gasteiger partial charge is 0.384 e. The minimum Gasteiger partial charge on any atom is -0.384 e. The van der Waals surface area contributed by atoms with Crippen LogP contribution in [0.3, 0.4) is 0 Å². The molecule has 18 heavy (non-hydrogen) atoms. The predicted octanol–water partition coefficient (Wildman–Crippen LogP) is 1.65. The van der Waals surface area contributed by atoms with Gasteiger partial charge < -0.3 is 15.0 Å². The maximum Gasteiger partial charge on any atom is 0.223 e. The second kappa shape index (κ2) is 8.48. The lowest BCUT2D eigenvalue weighted by Gasteiger charge is -2.35. The summed E-state index contributed by atoms with van der Waals surface area (Å²) in [5.41, 5.74) is 0. The third kappa shape index (κ3) is 4.94. The molecule has 0 aromatic carbocycles. The molecule has 1 aliphatic rings. The van der Waals surface area contributed by atoms with Crippen LogP contribution in [-0.4, -0.2) is 50.2 Å². The molecule has 2 unspecified atom stereocenters. The fourth-order valence-electron chi connectivity index (χ4n) is 2.61. The first kappa shape index (κ1) is 15.4. The van der Waals surface area contributed by atoms with E-state index in [0.29, 0.717) is 25.0 Å². The highest BCUT2D eigenvalue weighted by atomic mass is 16.5. The smallest absolute Gasteiger partial charge is 0.223 e. The number of carbonyl (C=O) groups is 1. The standard InChI is InChI=1S/C14H28N2O2/c1-4-8-16(13-6-5-7-15-10-13)14(17)9-12(2)11-18-3/h12-13,15H,4-11H2,1-3H3. The summed E-state index contributed by atoms with van der Waals surface area (Å²) in [4.78, 5) is 14.4. The lowest BCUT2D eigenvalue weighted by atomic mass is 10.0. The Bertz CT molecular complexity index is 240. The molecule has 1 aliphatic heterocycles. The normalized spacial score (nSPS) is 21.6. The van der Waals surface area contributed by atoms with Crippen LogP contribution < -0.4 is 5.32 Å². The van der Waals surface area contributed by atoms with E-state index in [0.717, 1.165) is 32.5 Å². The van der Waals surface area contributed by atoms with Crippen LogP contribution in [0.4, 0.5) is 0 Å². The zero-order chi connectivity index (χ0) is 13.4. The van der Waals surface area contributed by atoms with Crippen molar-refractivity contribution in [2.24, 2.45) is 5.92 Å². The molecule has 1 fully saturated rings. The van der Waals surface area contributed by atoms with E-state index in [-0.39, 0.29) is 5.91 Å². The SMILES string of the molecule is CCCN(C(=O)CC(C)COC)C1CCCNC1. The molecule has 0 aliphatic carbocycles. The van der Waals surface area contributed by atoms with Crippen LogP contribution in [0.1, 0.15) is 39.5 Å². The van der Waals surface area contributed by atoms with Crippen LogP contribution in [0.5, 0.6) is 0 Å². The first-order valence-corrected chi connectivity index (χ1v) is 7.18. The summed E-state index contributed by atoms with van der Waals surface area (Å²) in [5, 5.41) is 3.39. The fraction of sp³-hybridized carbons (Fsp3) is 0.929. The van der Waals surface area contributed by atoms with Crippen molar-refractivity contribution in [1.82, 2.24) is 10.2 Å². The van der Waals surface area contributed by atoms with E-state index < -0.39 is 0 Å². The van der Waals surface area contributed by atoms with Gasteiger partial charge in [-0.1, -0.05) is 13.8 Å². The Kier molecular flexibility index (Phi) is 7.28. The molecule has 0 saturated carbocycles. The zero-order valence-electron chi connectivity index (χ0n) is 12.1. The average Bonchev–Trinajstić information content (AvgIpc) is 2.37. The third-order valence-corrected chi connectivity index (χ3v) is 3.47. The number of carbonyl (C=O) groups excluding carboxylic acids is 1. The van der Waals surface area contributed by atoms with Gasteiger partial charge in [0.25, 0.3) is 0 Å². The molecule has 4 heteroatoms. The van der Waals surface area contributed by atoms with Gasteiger partial charge in [-0.15, -0.1) is 0 Å². The van der Waals surface area contributed by atoms with Gasteiger partial charge >= 0.3 is 0 Å². The van der Waals surface area contributed by atoms with Gasteiger partial charge in [-0.25, -0.2) is 0 Å². The lowest BCUT2D eigenvalue weighted by Crippen LogP contribution is -2.49. The van der Waals surface area contributed by atoms with Crippen molar-refractivity contribution >= 4 is 5.91 Å². The Morgan fingerprint density at radius 3 is 2.89 bits per heavy atom. The Morgan fingerprint density at radius 2 is 2.33 bits per heavy atom. The molecule has 1 saturated heterocycles. The molecule has 0 aromatic heterocycles. The van der Waals surface area contributed by atoms with E-state index >= 15 is 0 Å². The topological polar surface area (TPSA) is 41.6 Å². The van der Waals surface area contributed by atoms with Gasteiger partial charge in [0.1, 0.15) is 0 Å². The van der Waals surface area contributed by atoms with Crippen LogP contribution in [0.15, 0.2) is 0 Å². The summed E-state index contributed by atoms with van der Waals surface area (Å²) < 4.78 is 5.11. The summed E-state index contributed by atoms with van der Waals surface area (Å²) in [6.45, 7) is 7.79. The average molecular weight is 256 g/mol. The van der Waals surface area contributed by atoms with Gasteiger partial charge in [0.15, 0.2) is 0 Å². The highest BCUT2D eigenvalue weighted by Crippen LogP contribution is 2.15. The lowest BCUT2D eigenvalue weighted by molar-refractivity contribution is -0.135. The van der Waals surface area contributed by atoms with E-state index in [2.05, 4.69) is 24.1 Å². The molecule has 1 heterocycles. The summed E-state index contributed by atoms with van der Waals surface area (Å²) in [6.07, 6.45) is 3.94. The van der Waals surface area contributed by atoms with E-state index in [1.165, 1.54) is 6.42 Å². The van der Waals surface area contributed by atoms with E-state index in [4.69, 9.17) is 4.74 Å². The van der Waals surface area contributed by atoms with Crippen molar-refractivity contribution in [2.75, 3.05) is 33.4 Å². The summed E-state index contributed by atoms with van der Waals surface area (Å²) in [5.74, 6) is 0.591. The molecule has 1 amide bonds. The minimum absolute atomic E-state index is 0.287. The van der Waals surface area contributed by atoms with Crippen molar-refractivity contribution in [1.29, 1.82) is 0 Å². The van der Waals surface area contributed by atoms with Gasteiger partial charge in [0, 0.05) is 39.3 Å². The number of piperidine rings is 1. The van der Waals surface area contributed by atoms with Crippen LogP contribution >= 0.6 is 0 Å². The van der Waals surface area contributed by atoms with Gasteiger partial charge in [-0.05, 0) is 31.7 Å². The minimum atomic E-state index is 0.287. The summed E-state index contributed by atoms with van der Waals surface area (Å²) in [6, 6.07) is 0.390. The first-order chi connectivity index (χ1) is 8.69. The van der Waals surface area contributed by atoms with Crippen molar-refractivity contribution in [3.05, 3.63) is 0 Å². The fourth-order valence-corrected chi connectivity index (χ4v) is 2.61. The number of hydrogen-bond donors (Lipinski definition) is 1. The zero-order valence-corrected chi connectivity index (χ0v) is 12.1. The Labute approximate surface area is 111 Å². The van der Waals surface area contributed by atoms with Crippen molar-refractivity contribution in [3.8, 4) is 0 Å². The quantitative estimate of drug-likeness (QED) is 0.753. The first-order valence-electron chi connectivity index (χ1n) is 7.18. The Hall–Kier alpha value is -0.610. The van der Waals surface area contributed by atoms with Crippen LogP contribution in [-0.2, 0) is 9.53 Å². The molecule has 1 rings (SSSR count). The summed E-state index contributed by atoms with van der Waals surface area (Å²) >= 11 is 0.